The molecule has 13 heavy (non-hydrogen) atoms. The number of hydrogen-bond donors (Lipinski definition) is 0. The summed E-state index contributed by atoms with van der Waals surface area (Å²) in [5.74, 6) is -0.545. The van der Waals surface area contributed by atoms with Gasteiger partial charge in [-0.05, 0) is 28.1 Å². The molecule has 0 aromatic heterocycles. The van der Waals surface area contributed by atoms with Gasteiger partial charge in [-0.15, -0.1) is 6.58 Å². The van der Waals surface area contributed by atoms with Gasteiger partial charge in [0, 0.05) is 12.0 Å². The summed E-state index contributed by atoms with van der Waals surface area (Å²) in [5.41, 5.74) is 0.376. The molecule has 0 aliphatic rings. The van der Waals surface area contributed by atoms with Crippen LogP contribution >= 0.6 is 15.9 Å². The van der Waals surface area contributed by atoms with Crippen molar-refractivity contribution in [3.63, 3.8) is 0 Å². The molecule has 0 saturated carbocycles. The van der Waals surface area contributed by atoms with Gasteiger partial charge in [-0.25, -0.2) is 4.39 Å². The third-order valence-electron chi connectivity index (χ3n) is 1.57. The monoisotopic (exact) mass is 242 g/mol. The lowest BCUT2D eigenvalue weighted by atomic mass is 10.1. The van der Waals surface area contributed by atoms with Gasteiger partial charge < -0.3 is 0 Å². The first kappa shape index (κ1) is 10.1. The summed E-state index contributed by atoms with van der Waals surface area (Å²) < 4.78 is 13.3. The van der Waals surface area contributed by atoms with Crippen molar-refractivity contribution in [2.45, 2.75) is 6.42 Å². The van der Waals surface area contributed by atoms with E-state index in [1.54, 1.807) is 6.07 Å². The van der Waals surface area contributed by atoms with E-state index in [0.717, 1.165) is 0 Å². The van der Waals surface area contributed by atoms with Crippen molar-refractivity contribution in [2.75, 3.05) is 0 Å². The van der Waals surface area contributed by atoms with Crippen LogP contribution in [0.1, 0.15) is 16.8 Å². The van der Waals surface area contributed by atoms with Gasteiger partial charge in [0.15, 0.2) is 5.78 Å². The second-order valence-corrected chi connectivity index (χ2v) is 3.40. The number of Topliss-reactive ketones (excluding diaryl/α,β-unsaturated/α-hetero) is 1. The Labute approximate surface area is 84.4 Å². The zero-order chi connectivity index (χ0) is 9.84. The van der Waals surface area contributed by atoms with Crippen molar-refractivity contribution < 1.29 is 9.18 Å². The molecule has 0 aliphatic carbocycles. The third kappa shape index (κ3) is 2.49. The molecule has 0 spiro atoms. The fourth-order valence-corrected chi connectivity index (χ4v) is 1.17. The quantitative estimate of drug-likeness (QED) is 0.587. The predicted octanol–water partition coefficient (Wildman–Crippen LogP) is 3.35. The first-order chi connectivity index (χ1) is 6.15. The van der Waals surface area contributed by atoms with Gasteiger partial charge in [-0.1, -0.05) is 12.1 Å². The summed E-state index contributed by atoms with van der Waals surface area (Å²) in [6.07, 6.45) is 1.74. The minimum atomic E-state index is -0.421. The number of carbonyl (C=O) groups is 1. The Morgan fingerprint density at radius 1 is 1.62 bits per heavy atom. The molecule has 1 nitrogen and oxygen atoms in total. The van der Waals surface area contributed by atoms with Crippen LogP contribution < -0.4 is 0 Å². The molecule has 0 unspecified atom stereocenters. The summed E-state index contributed by atoms with van der Waals surface area (Å²) in [4.78, 5) is 11.3. The van der Waals surface area contributed by atoms with E-state index in [1.807, 2.05) is 0 Å². The van der Waals surface area contributed by atoms with E-state index < -0.39 is 5.82 Å². The zero-order valence-electron chi connectivity index (χ0n) is 6.89. The lowest BCUT2D eigenvalue weighted by molar-refractivity contribution is 0.0995. The lowest BCUT2D eigenvalue weighted by Crippen LogP contribution is -1.97. The molecule has 3 heteroatoms. The number of rotatable bonds is 3. The zero-order valence-corrected chi connectivity index (χ0v) is 8.47. The number of ketones is 1. The molecule has 0 heterocycles. The molecule has 1 aromatic carbocycles. The maximum atomic E-state index is 13.0. The molecular formula is C10H8BrFO. The molecular weight excluding hydrogens is 235 g/mol. The minimum absolute atomic E-state index is 0.124. The second kappa shape index (κ2) is 4.33. The highest BCUT2D eigenvalue weighted by atomic mass is 79.9. The fraction of sp³-hybridized carbons (Fsp3) is 0.100. The van der Waals surface area contributed by atoms with Crippen LogP contribution in [0, 0.1) is 5.82 Å². The van der Waals surface area contributed by atoms with E-state index >= 15 is 0 Å². The predicted molar refractivity (Wildman–Crippen MR) is 53.2 cm³/mol. The Kier molecular flexibility index (Phi) is 3.37. The van der Waals surface area contributed by atoms with E-state index in [1.165, 1.54) is 18.2 Å². The molecule has 0 bridgehead atoms. The van der Waals surface area contributed by atoms with E-state index in [9.17, 15) is 9.18 Å². The summed E-state index contributed by atoms with van der Waals surface area (Å²) in [6, 6.07) is 4.32. The molecule has 0 saturated heterocycles. The van der Waals surface area contributed by atoms with Gasteiger partial charge >= 0.3 is 0 Å². The molecule has 1 rings (SSSR count). The Morgan fingerprint density at radius 2 is 2.31 bits per heavy atom. The molecule has 0 amide bonds. The smallest absolute Gasteiger partial charge is 0.166 e. The maximum absolute atomic E-state index is 13.0. The van der Waals surface area contributed by atoms with Crippen molar-refractivity contribution in [3.05, 3.63) is 46.7 Å². The Hall–Kier alpha value is -0.960. The molecule has 68 valence electrons. The number of allylic oxidation sites excluding steroid dienone is 1. The SMILES string of the molecule is C=CCC(=O)c1ccc(Br)c(F)c1. The number of halogens is 2. The van der Waals surface area contributed by atoms with E-state index in [0.29, 0.717) is 10.0 Å². The van der Waals surface area contributed by atoms with Crippen LogP contribution in [0.3, 0.4) is 0 Å². The van der Waals surface area contributed by atoms with Gasteiger partial charge in [-0.2, -0.15) is 0 Å². The Bertz CT molecular complexity index is 347. The van der Waals surface area contributed by atoms with Gasteiger partial charge in [-0.3, -0.25) is 4.79 Å². The largest absolute Gasteiger partial charge is 0.294 e. The van der Waals surface area contributed by atoms with E-state index in [4.69, 9.17) is 0 Å². The average molecular weight is 243 g/mol. The van der Waals surface area contributed by atoms with Crippen LogP contribution in [0.15, 0.2) is 35.3 Å². The standard InChI is InChI=1S/C10H8BrFO/c1-2-3-10(13)7-4-5-8(11)9(12)6-7/h2,4-6H,1,3H2. The Morgan fingerprint density at radius 3 is 2.85 bits per heavy atom. The summed E-state index contributed by atoms with van der Waals surface area (Å²) in [7, 11) is 0. The second-order valence-electron chi connectivity index (χ2n) is 2.54. The highest BCUT2D eigenvalue weighted by molar-refractivity contribution is 9.10. The molecule has 0 radical (unpaired) electrons. The first-order valence-electron chi connectivity index (χ1n) is 3.74. The fourth-order valence-electron chi connectivity index (χ4n) is 0.919. The number of benzene rings is 1. The van der Waals surface area contributed by atoms with Crippen LogP contribution in [-0.4, -0.2) is 5.78 Å². The Balaban J connectivity index is 2.96. The average Bonchev–Trinajstić information content (AvgIpc) is 2.10. The first-order valence-corrected chi connectivity index (χ1v) is 4.53. The van der Waals surface area contributed by atoms with E-state index in [-0.39, 0.29) is 12.2 Å². The van der Waals surface area contributed by atoms with Crippen molar-refractivity contribution >= 4 is 21.7 Å². The number of carbonyl (C=O) groups excluding carboxylic acids is 1. The maximum Gasteiger partial charge on any atom is 0.166 e. The van der Waals surface area contributed by atoms with Crippen LogP contribution in [-0.2, 0) is 0 Å². The van der Waals surface area contributed by atoms with Crippen molar-refractivity contribution in [3.8, 4) is 0 Å². The van der Waals surface area contributed by atoms with E-state index in [2.05, 4.69) is 22.5 Å². The molecule has 0 atom stereocenters. The summed E-state index contributed by atoms with van der Waals surface area (Å²) in [6.45, 7) is 3.44. The molecule has 0 fully saturated rings. The van der Waals surface area contributed by atoms with Crippen LogP contribution in [0.25, 0.3) is 0 Å². The van der Waals surface area contributed by atoms with Crippen LogP contribution in [0.4, 0.5) is 4.39 Å². The number of hydrogen-bond acceptors (Lipinski definition) is 1. The normalized spacial score (nSPS) is 9.69. The topological polar surface area (TPSA) is 17.1 Å². The summed E-state index contributed by atoms with van der Waals surface area (Å²) in [5, 5.41) is 0. The lowest BCUT2D eigenvalue weighted by Gasteiger charge is -1.99. The van der Waals surface area contributed by atoms with Gasteiger partial charge in [0.1, 0.15) is 5.82 Å². The van der Waals surface area contributed by atoms with Crippen molar-refractivity contribution in [2.24, 2.45) is 0 Å². The van der Waals surface area contributed by atoms with Gasteiger partial charge in [0.05, 0.1) is 4.47 Å². The minimum Gasteiger partial charge on any atom is -0.294 e. The van der Waals surface area contributed by atoms with Gasteiger partial charge in [0.25, 0.3) is 0 Å². The highest BCUT2D eigenvalue weighted by Crippen LogP contribution is 2.17. The summed E-state index contributed by atoms with van der Waals surface area (Å²) >= 11 is 3.01. The highest BCUT2D eigenvalue weighted by Gasteiger charge is 2.06. The van der Waals surface area contributed by atoms with Crippen molar-refractivity contribution in [1.82, 2.24) is 0 Å². The third-order valence-corrected chi connectivity index (χ3v) is 2.21. The van der Waals surface area contributed by atoms with Crippen molar-refractivity contribution in [1.29, 1.82) is 0 Å². The van der Waals surface area contributed by atoms with Crippen LogP contribution in [0.5, 0.6) is 0 Å². The van der Waals surface area contributed by atoms with Crippen LogP contribution in [0.2, 0.25) is 0 Å². The molecule has 1 aromatic rings. The van der Waals surface area contributed by atoms with Gasteiger partial charge in [0.2, 0.25) is 0 Å². The molecule has 0 aliphatic heterocycles. The molecule has 0 N–H and O–H groups in total.